The van der Waals surface area contributed by atoms with Crippen LogP contribution < -0.4 is 15.4 Å². The van der Waals surface area contributed by atoms with E-state index in [0.29, 0.717) is 6.54 Å². The molecule has 5 heteroatoms. The number of carbonyl (C=O) groups excluding carboxylic acids is 1. The first-order chi connectivity index (χ1) is 11.5. The Balaban J connectivity index is 1.89. The summed E-state index contributed by atoms with van der Waals surface area (Å²) in [6.07, 6.45) is 5.70. The van der Waals surface area contributed by atoms with Gasteiger partial charge in [-0.25, -0.2) is 4.79 Å². The number of nitrogens with one attached hydrogen (secondary N) is 2. The first kappa shape index (κ1) is 18.3. The zero-order chi connectivity index (χ0) is 17.5. The number of rotatable bonds is 7. The van der Waals surface area contributed by atoms with Crippen LogP contribution in [0.25, 0.3) is 0 Å². The van der Waals surface area contributed by atoms with Gasteiger partial charge >= 0.3 is 6.03 Å². The van der Waals surface area contributed by atoms with Gasteiger partial charge in [-0.2, -0.15) is 0 Å². The van der Waals surface area contributed by atoms with Gasteiger partial charge in [-0.15, -0.1) is 0 Å². The number of amides is 2. The summed E-state index contributed by atoms with van der Waals surface area (Å²) in [5.74, 6) is 0.966. The molecule has 2 amide bonds. The monoisotopic (exact) mass is 332 g/mol. The lowest BCUT2D eigenvalue weighted by Gasteiger charge is -2.18. The zero-order valence-electron chi connectivity index (χ0n) is 14.7. The van der Waals surface area contributed by atoms with Crippen molar-refractivity contribution in [2.75, 3.05) is 6.61 Å². The van der Waals surface area contributed by atoms with Crippen molar-refractivity contribution in [3.8, 4) is 5.75 Å². The SMILES string of the molecule is CCC(C)Oc1cc(C)ccc1CNC(=O)N[C@@H]1C=C[C@H](CO)C1. The molecule has 0 radical (unpaired) electrons. The number of ether oxygens (including phenoxy) is 1. The van der Waals surface area contributed by atoms with E-state index in [0.717, 1.165) is 29.7 Å². The lowest BCUT2D eigenvalue weighted by Crippen LogP contribution is -2.40. The topological polar surface area (TPSA) is 70.6 Å². The van der Waals surface area contributed by atoms with E-state index in [9.17, 15) is 4.79 Å². The van der Waals surface area contributed by atoms with Gasteiger partial charge in [0.15, 0.2) is 0 Å². The Morgan fingerprint density at radius 3 is 2.88 bits per heavy atom. The van der Waals surface area contributed by atoms with E-state index in [4.69, 9.17) is 9.84 Å². The van der Waals surface area contributed by atoms with Gasteiger partial charge in [0.1, 0.15) is 5.75 Å². The van der Waals surface area contributed by atoms with Crippen molar-refractivity contribution in [1.29, 1.82) is 0 Å². The fourth-order valence-electron chi connectivity index (χ4n) is 2.63. The van der Waals surface area contributed by atoms with Crippen molar-refractivity contribution in [3.63, 3.8) is 0 Å². The first-order valence-corrected chi connectivity index (χ1v) is 8.61. The van der Waals surface area contributed by atoms with Crippen LogP contribution in [-0.4, -0.2) is 29.9 Å². The maximum atomic E-state index is 12.1. The molecule has 5 nitrogen and oxygen atoms in total. The average molecular weight is 332 g/mol. The molecule has 0 saturated carbocycles. The number of hydrogen-bond donors (Lipinski definition) is 3. The largest absolute Gasteiger partial charge is 0.490 e. The predicted octanol–water partition coefficient (Wildman–Crippen LogP) is 2.91. The highest BCUT2D eigenvalue weighted by molar-refractivity contribution is 5.74. The van der Waals surface area contributed by atoms with Gasteiger partial charge in [-0.3, -0.25) is 0 Å². The molecule has 132 valence electrons. The normalized spacial score (nSPS) is 20.7. The van der Waals surface area contributed by atoms with Crippen molar-refractivity contribution in [2.24, 2.45) is 5.92 Å². The average Bonchev–Trinajstić information content (AvgIpc) is 3.01. The molecule has 1 aromatic rings. The van der Waals surface area contributed by atoms with Gasteiger partial charge in [0, 0.05) is 30.7 Å². The second-order valence-electron chi connectivity index (χ2n) is 6.44. The lowest BCUT2D eigenvalue weighted by atomic mass is 10.1. The Morgan fingerprint density at radius 1 is 1.42 bits per heavy atom. The molecule has 24 heavy (non-hydrogen) atoms. The molecule has 1 aromatic carbocycles. The van der Waals surface area contributed by atoms with E-state index in [1.807, 2.05) is 44.2 Å². The standard InChI is InChI=1S/C19H28N2O3/c1-4-14(3)24-18-9-13(2)5-7-16(18)11-20-19(23)21-17-8-6-15(10-17)12-22/h5-9,14-15,17,22H,4,10-12H2,1-3H3,(H2,20,21,23)/t14?,15-,17+/m0/s1. The van der Waals surface area contributed by atoms with Crippen LogP contribution in [0.15, 0.2) is 30.4 Å². The van der Waals surface area contributed by atoms with Crippen molar-refractivity contribution in [2.45, 2.75) is 52.3 Å². The van der Waals surface area contributed by atoms with Crippen LogP contribution in [0.5, 0.6) is 5.75 Å². The molecule has 0 aromatic heterocycles. The quantitative estimate of drug-likeness (QED) is 0.672. The molecule has 0 bridgehead atoms. The minimum absolute atomic E-state index is 0.0176. The molecule has 0 fully saturated rings. The van der Waals surface area contributed by atoms with Crippen molar-refractivity contribution >= 4 is 6.03 Å². The molecule has 1 aliphatic rings. The van der Waals surface area contributed by atoms with Crippen LogP contribution >= 0.6 is 0 Å². The highest BCUT2D eigenvalue weighted by Crippen LogP contribution is 2.22. The summed E-state index contributed by atoms with van der Waals surface area (Å²) in [6.45, 7) is 6.68. The first-order valence-electron chi connectivity index (χ1n) is 8.61. The molecule has 0 spiro atoms. The van der Waals surface area contributed by atoms with E-state index in [2.05, 4.69) is 17.6 Å². The fraction of sp³-hybridized carbons (Fsp3) is 0.526. The third kappa shape index (κ3) is 5.27. The highest BCUT2D eigenvalue weighted by Gasteiger charge is 2.19. The molecule has 0 saturated heterocycles. The predicted molar refractivity (Wildman–Crippen MR) is 95.1 cm³/mol. The summed E-state index contributed by atoms with van der Waals surface area (Å²) in [5, 5.41) is 14.9. The van der Waals surface area contributed by atoms with Crippen molar-refractivity contribution in [1.82, 2.24) is 10.6 Å². The molecule has 1 unspecified atom stereocenters. The lowest BCUT2D eigenvalue weighted by molar-refractivity contribution is 0.214. The summed E-state index contributed by atoms with van der Waals surface area (Å²) in [6, 6.07) is 5.79. The van der Waals surface area contributed by atoms with Gasteiger partial charge in [0.2, 0.25) is 0 Å². The van der Waals surface area contributed by atoms with Crippen LogP contribution in [0.2, 0.25) is 0 Å². The summed E-state index contributed by atoms with van der Waals surface area (Å²) in [7, 11) is 0. The fourth-order valence-corrected chi connectivity index (χ4v) is 2.63. The Kier molecular flexibility index (Phi) is 6.67. The Labute approximate surface area is 144 Å². The second kappa shape index (κ2) is 8.73. The Hall–Kier alpha value is -2.01. The Morgan fingerprint density at radius 2 is 2.21 bits per heavy atom. The van der Waals surface area contributed by atoms with E-state index in [1.165, 1.54) is 0 Å². The number of aliphatic hydroxyl groups is 1. The van der Waals surface area contributed by atoms with Gasteiger partial charge in [0.25, 0.3) is 0 Å². The highest BCUT2D eigenvalue weighted by atomic mass is 16.5. The number of carbonyl (C=O) groups is 1. The number of hydrogen-bond acceptors (Lipinski definition) is 3. The van der Waals surface area contributed by atoms with Gasteiger partial charge < -0.3 is 20.5 Å². The van der Waals surface area contributed by atoms with Gasteiger partial charge in [-0.1, -0.05) is 31.2 Å². The molecule has 0 aliphatic heterocycles. The van der Waals surface area contributed by atoms with Crippen LogP contribution in [0.4, 0.5) is 4.79 Å². The number of benzene rings is 1. The van der Waals surface area contributed by atoms with Gasteiger partial charge in [-0.05, 0) is 38.3 Å². The summed E-state index contributed by atoms with van der Waals surface area (Å²) < 4.78 is 5.96. The third-order valence-electron chi connectivity index (χ3n) is 4.29. The van der Waals surface area contributed by atoms with Crippen molar-refractivity contribution < 1.29 is 14.6 Å². The van der Waals surface area contributed by atoms with E-state index < -0.39 is 0 Å². The summed E-state index contributed by atoms with van der Waals surface area (Å²) in [5.41, 5.74) is 2.10. The Bertz CT molecular complexity index is 586. The third-order valence-corrected chi connectivity index (χ3v) is 4.29. The number of aryl methyl sites for hydroxylation is 1. The van der Waals surface area contributed by atoms with Gasteiger partial charge in [0.05, 0.1) is 6.10 Å². The van der Waals surface area contributed by atoms with Crippen LogP contribution in [-0.2, 0) is 6.54 Å². The van der Waals surface area contributed by atoms with Crippen LogP contribution in [0.3, 0.4) is 0 Å². The van der Waals surface area contributed by atoms with Crippen LogP contribution in [0.1, 0.15) is 37.8 Å². The smallest absolute Gasteiger partial charge is 0.315 e. The van der Waals surface area contributed by atoms with E-state index in [1.54, 1.807) is 0 Å². The van der Waals surface area contributed by atoms with Crippen LogP contribution in [0, 0.1) is 12.8 Å². The summed E-state index contributed by atoms with van der Waals surface area (Å²) in [4.78, 5) is 12.1. The molecule has 2 rings (SSSR count). The molecule has 3 N–H and O–H groups in total. The zero-order valence-corrected chi connectivity index (χ0v) is 14.7. The van der Waals surface area contributed by atoms with E-state index >= 15 is 0 Å². The van der Waals surface area contributed by atoms with Crippen molar-refractivity contribution in [3.05, 3.63) is 41.5 Å². The molecule has 1 aliphatic carbocycles. The summed E-state index contributed by atoms with van der Waals surface area (Å²) >= 11 is 0. The molecule has 0 heterocycles. The maximum absolute atomic E-state index is 12.1. The molecule has 3 atom stereocenters. The number of aliphatic hydroxyl groups excluding tert-OH is 1. The number of urea groups is 1. The van der Waals surface area contributed by atoms with E-state index in [-0.39, 0.29) is 30.7 Å². The second-order valence-corrected chi connectivity index (χ2v) is 6.44. The molecular weight excluding hydrogens is 304 g/mol. The molecular formula is C19H28N2O3. The minimum atomic E-state index is -0.210. The minimum Gasteiger partial charge on any atom is -0.490 e. The maximum Gasteiger partial charge on any atom is 0.315 e.